The van der Waals surface area contributed by atoms with Gasteiger partial charge in [0.05, 0.1) is 12.1 Å². The van der Waals surface area contributed by atoms with Gasteiger partial charge in [0.25, 0.3) is 5.91 Å². The highest BCUT2D eigenvalue weighted by Gasteiger charge is 2.49. The van der Waals surface area contributed by atoms with E-state index < -0.39 is 35.6 Å². The van der Waals surface area contributed by atoms with Crippen LogP contribution < -0.4 is 10.6 Å². The van der Waals surface area contributed by atoms with Crippen LogP contribution in [0.1, 0.15) is 35.3 Å². The number of nitrogens with zero attached hydrogens (tertiary/aromatic N) is 1. The van der Waals surface area contributed by atoms with Gasteiger partial charge in [-0.1, -0.05) is 29.8 Å². The van der Waals surface area contributed by atoms with Crippen molar-refractivity contribution in [1.82, 2.24) is 10.2 Å². The fraction of sp³-hybridized carbons (Fsp3) is 0.238. The number of ketones is 1. The normalized spacial score (nSPS) is 18.6. The van der Waals surface area contributed by atoms with Crippen molar-refractivity contribution in [2.45, 2.75) is 26.3 Å². The van der Waals surface area contributed by atoms with Crippen LogP contribution in [0.25, 0.3) is 0 Å². The number of carbonyl (C=O) groups excluding carboxylic acids is 4. The number of benzene rings is 2. The van der Waals surface area contributed by atoms with Crippen LogP contribution in [0.5, 0.6) is 0 Å². The number of amides is 4. The number of halogens is 1. The predicted octanol–water partition coefficient (Wildman–Crippen LogP) is 2.74. The van der Waals surface area contributed by atoms with Crippen molar-refractivity contribution in [1.29, 1.82) is 0 Å². The standard InChI is InChI=1S/C21H20FN3O4/c1-12-4-6-14(7-5-12)21(3)19(28)25(20(29)24-21)11-18(27)16-9-8-15(10-17(16)22)23-13(2)26/h4-10H,11H2,1-3H3,(H,23,26)(H,24,29)/t21-/m0/s1. The summed E-state index contributed by atoms with van der Waals surface area (Å²) < 4.78 is 14.3. The van der Waals surface area contributed by atoms with Crippen molar-refractivity contribution in [2.24, 2.45) is 0 Å². The lowest BCUT2D eigenvalue weighted by molar-refractivity contribution is -0.130. The molecule has 0 radical (unpaired) electrons. The molecular weight excluding hydrogens is 377 g/mol. The summed E-state index contributed by atoms with van der Waals surface area (Å²) in [5, 5.41) is 5.02. The van der Waals surface area contributed by atoms with Crippen molar-refractivity contribution in [3.8, 4) is 0 Å². The summed E-state index contributed by atoms with van der Waals surface area (Å²) in [6, 6.07) is 9.98. The van der Waals surface area contributed by atoms with Gasteiger partial charge in [-0.2, -0.15) is 0 Å². The molecule has 1 atom stereocenters. The number of urea groups is 1. The molecule has 2 aromatic carbocycles. The molecule has 29 heavy (non-hydrogen) atoms. The Bertz CT molecular complexity index is 1020. The molecule has 0 bridgehead atoms. The van der Waals surface area contributed by atoms with Crippen molar-refractivity contribution in [2.75, 3.05) is 11.9 Å². The number of nitrogens with one attached hydrogen (secondary N) is 2. The SMILES string of the molecule is CC(=O)Nc1ccc(C(=O)CN2C(=O)N[C@@](C)(c3ccc(C)cc3)C2=O)c(F)c1. The smallest absolute Gasteiger partial charge is 0.325 e. The van der Waals surface area contributed by atoms with E-state index in [4.69, 9.17) is 0 Å². The summed E-state index contributed by atoms with van der Waals surface area (Å²) >= 11 is 0. The molecule has 2 N–H and O–H groups in total. The highest BCUT2D eigenvalue weighted by molar-refractivity contribution is 6.11. The van der Waals surface area contributed by atoms with Crippen LogP contribution in [0.2, 0.25) is 0 Å². The minimum absolute atomic E-state index is 0.202. The zero-order valence-electron chi connectivity index (χ0n) is 16.2. The van der Waals surface area contributed by atoms with E-state index in [1.54, 1.807) is 19.1 Å². The zero-order chi connectivity index (χ0) is 21.3. The minimum atomic E-state index is -1.31. The number of carbonyl (C=O) groups is 4. The number of Topliss-reactive ketones (excluding diaryl/α,β-unsaturated/α-hetero) is 1. The number of hydrogen-bond donors (Lipinski definition) is 2. The third-order valence-corrected chi connectivity index (χ3v) is 4.80. The molecular formula is C21H20FN3O4. The molecule has 0 saturated carbocycles. The van der Waals surface area contributed by atoms with E-state index in [0.29, 0.717) is 5.56 Å². The summed E-state index contributed by atoms with van der Waals surface area (Å²) in [6.07, 6.45) is 0. The quantitative estimate of drug-likeness (QED) is 0.599. The first kappa shape index (κ1) is 20.2. The topological polar surface area (TPSA) is 95.6 Å². The van der Waals surface area contributed by atoms with E-state index in [-0.39, 0.29) is 17.2 Å². The summed E-state index contributed by atoms with van der Waals surface area (Å²) in [5.74, 6) is -2.55. The summed E-state index contributed by atoms with van der Waals surface area (Å²) in [6.45, 7) is 4.14. The molecule has 150 valence electrons. The third kappa shape index (κ3) is 3.87. The lowest BCUT2D eigenvalue weighted by Crippen LogP contribution is -2.41. The molecule has 1 fully saturated rings. The van der Waals surface area contributed by atoms with Crippen LogP contribution in [0, 0.1) is 12.7 Å². The van der Waals surface area contributed by atoms with E-state index in [1.165, 1.54) is 19.1 Å². The lowest BCUT2D eigenvalue weighted by atomic mass is 9.91. The maximum Gasteiger partial charge on any atom is 0.325 e. The average Bonchev–Trinajstić information content (AvgIpc) is 2.85. The molecule has 3 rings (SSSR count). The fourth-order valence-corrected chi connectivity index (χ4v) is 3.17. The molecule has 0 aliphatic carbocycles. The Morgan fingerprint density at radius 2 is 1.79 bits per heavy atom. The van der Waals surface area contributed by atoms with Gasteiger partial charge in [-0.05, 0) is 37.6 Å². The number of anilines is 1. The Morgan fingerprint density at radius 1 is 1.14 bits per heavy atom. The molecule has 1 aliphatic rings. The van der Waals surface area contributed by atoms with Gasteiger partial charge in [0.15, 0.2) is 5.78 Å². The number of hydrogen-bond acceptors (Lipinski definition) is 4. The highest BCUT2D eigenvalue weighted by atomic mass is 19.1. The van der Waals surface area contributed by atoms with Gasteiger partial charge in [-0.15, -0.1) is 0 Å². The Hall–Kier alpha value is -3.55. The van der Waals surface area contributed by atoms with Gasteiger partial charge in [0, 0.05) is 12.6 Å². The number of rotatable bonds is 5. The van der Waals surface area contributed by atoms with Crippen LogP contribution in [0.4, 0.5) is 14.9 Å². The predicted molar refractivity (Wildman–Crippen MR) is 104 cm³/mol. The number of imide groups is 1. The molecule has 4 amide bonds. The first-order valence-electron chi connectivity index (χ1n) is 8.93. The molecule has 7 nitrogen and oxygen atoms in total. The van der Waals surface area contributed by atoms with Gasteiger partial charge in [-0.3, -0.25) is 19.3 Å². The molecule has 8 heteroatoms. The third-order valence-electron chi connectivity index (χ3n) is 4.80. The Labute approximate surface area is 166 Å². The van der Waals surface area contributed by atoms with Gasteiger partial charge in [0.2, 0.25) is 5.91 Å². The molecule has 2 aromatic rings. The van der Waals surface area contributed by atoms with Gasteiger partial charge < -0.3 is 10.6 Å². The molecule has 0 aromatic heterocycles. The van der Waals surface area contributed by atoms with E-state index >= 15 is 0 Å². The maximum absolute atomic E-state index is 14.3. The van der Waals surface area contributed by atoms with Gasteiger partial charge >= 0.3 is 6.03 Å². The summed E-state index contributed by atoms with van der Waals surface area (Å²) in [7, 11) is 0. The Kier molecular flexibility index (Phi) is 5.19. The first-order chi connectivity index (χ1) is 13.6. The van der Waals surface area contributed by atoms with Crippen LogP contribution >= 0.6 is 0 Å². The largest absolute Gasteiger partial charge is 0.326 e. The van der Waals surface area contributed by atoms with Crippen LogP contribution in [0.15, 0.2) is 42.5 Å². The molecule has 0 unspecified atom stereocenters. The molecule has 1 heterocycles. The van der Waals surface area contributed by atoms with Gasteiger partial charge in [-0.25, -0.2) is 9.18 Å². The number of aryl methyl sites for hydroxylation is 1. The second-order valence-electron chi connectivity index (χ2n) is 7.11. The molecule has 0 spiro atoms. The fourth-order valence-electron chi connectivity index (χ4n) is 3.17. The van der Waals surface area contributed by atoms with Crippen LogP contribution in [0.3, 0.4) is 0 Å². The van der Waals surface area contributed by atoms with E-state index in [0.717, 1.165) is 16.5 Å². The van der Waals surface area contributed by atoms with Crippen molar-refractivity contribution in [3.05, 3.63) is 65.0 Å². The van der Waals surface area contributed by atoms with Crippen molar-refractivity contribution < 1.29 is 23.6 Å². The van der Waals surface area contributed by atoms with Gasteiger partial charge in [0.1, 0.15) is 11.4 Å². The second kappa shape index (κ2) is 7.46. The van der Waals surface area contributed by atoms with Crippen molar-refractivity contribution >= 4 is 29.3 Å². The first-order valence-corrected chi connectivity index (χ1v) is 8.93. The zero-order valence-corrected chi connectivity index (χ0v) is 16.2. The summed E-state index contributed by atoms with van der Waals surface area (Å²) in [4.78, 5) is 49.6. The maximum atomic E-state index is 14.3. The average molecular weight is 397 g/mol. The minimum Gasteiger partial charge on any atom is -0.326 e. The molecule has 1 aliphatic heterocycles. The van der Waals surface area contributed by atoms with Crippen LogP contribution in [-0.4, -0.2) is 35.1 Å². The Balaban J connectivity index is 1.80. The van der Waals surface area contributed by atoms with E-state index in [2.05, 4.69) is 10.6 Å². The molecule has 1 saturated heterocycles. The van der Waals surface area contributed by atoms with Crippen LogP contribution in [-0.2, 0) is 15.1 Å². The second-order valence-corrected chi connectivity index (χ2v) is 7.11. The van der Waals surface area contributed by atoms with E-state index in [9.17, 15) is 23.6 Å². The lowest BCUT2D eigenvalue weighted by Gasteiger charge is -2.22. The summed E-state index contributed by atoms with van der Waals surface area (Å²) in [5.41, 5.74) is 0.206. The van der Waals surface area contributed by atoms with E-state index in [1.807, 2.05) is 19.1 Å². The monoisotopic (exact) mass is 397 g/mol. The Morgan fingerprint density at radius 3 is 2.38 bits per heavy atom. The highest BCUT2D eigenvalue weighted by Crippen LogP contribution is 2.29. The van der Waals surface area contributed by atoms with Crippen molar-refractivity contribution in [3.63, 3.8) is 0 Å².